The molecule has 0 saturated heterocycles. The van der Waals surface area contributed by atoms with E-state index >= 15 is 0 Å². The minimum Gasteiger partial charge on any atom is -0.257 e. The van der Waals surface area contributed by atoms with Crippen LogP contribution >= 0.6 is 0 Å². The van der Waals surface area contributed by atoms with E-state index in [-0.39, 0.29) is 0 Å². The largest absolute Gasteiger partial charge is 0.257 e. The van der Waals surface area contributed by atoms with E-state index in [0.29, 0.717) is 0 Å². The molecule has 1 nitrogen and oxygen atoms in total. The molecule has 1 aromatic carbocycles. The molecule has 2 rings (SSSR count). The Labute approximate surface area is 66.5 Å². The first kappa shape index (κ1) is 6.41. The topological polar surface area (TPSA) is 12.9 Å². The normalized spacial score (nSPS) is 10.2. The number of para-hydroxylation sites is 1. The lowest BCUT2D eigenvalue weighted by Gasteiger charge is -1.96. The zero-order valence-electron chi connectivity index (χ0n) is 6.41. The Bertz CT molecular complexity index is 384. The Morgan fingerprint density at radius 1 is 1.18 bits per heavy atom. The first-order valence-corrected chi connectivity index (χ1v) is 3.68. The monoisotopic (exact) mass is 141 g/mol. The number of fused-ring (bicyclic) bond motifs is 1. The van der Waals surface area contributed by atoms with Crippen molar-refractivity contribution in [3.8, 4) is 0 Å². The smallest absolute Gasteiger partial charge is 0.141 e. The number of aromatic nitrogens is 1. The highest BCUT2D eigenvalue weighted by molar-refractivity contribution is 6.32. The molecular weight excluding hydrogens is 133 g/mol. The van der Waals surface area contributed by atoms with E-state index in [2.05, 4.69) is 25.0 Å². The summed E-state index contributed by atoms with van der Waals surface area (Å²) in [5.41, 5.74) is 2.28. The molecule has 0 saturated carbocycles. The molecule has 0 bridgehead atoms. The minimum atomic E-state index is 1.07. The zero-order valence-corrected chi connectivity index (χ0v) is 6.41. The third-order valence-electron chi connectivity index (χ3n) is 1.73. The third kappa shape index (κ3) is 1.12. The molecule has 1 aromatic heterocycles. The Kier molecular flexibility index (Phi) is 1.39. The van der Waals surface area contributed by atoms with Crippen molar-refractivity contribution in [3.63, 3.8) is 0 Å². The van der Waals surface area contributed by atoms with Gasteiger partial charge in [0.25, 0.3) is 0 Å². The maximum absolute atomic E-state index is 4.28. The van der Waals surface area contributed by atoms with Gasteiger partial charge in [0.1, 0.15) is 7.85 Å². The average molecular weight is 141 g/mol. The van der Waals surface area contributed by atoms with Crippen molar-refractivity contribution in [2.45, 2.75) is 0 Å². The number of benzene rings is 1. The van der Waals surface area contributed by atoms with Crippen molar-refractivity contribution in [1.29, 1.82) is 0 Å². The van der Waals surface area contributed by atoms with Gasteiger partial charge < -0.3 is 0 Å². The van der Waals surface area contributed by atoms with Gasteiger partial charge in [0.05, 0.1) is 5.52 Å². The van der Waals surface area contributed by atoms with Crippen LogP contribution in [0.5, 0.6) is 0 Å². The maximum Gasteiger partial charge on any atom is 0.141 e. The summed E-state index contributed by atoms with van der Waals surface area (Å²) in [6.07, 6.45) is 1.89. The van der Waals surface area contributed by atoms with E-state index < -0.39 is 0 Å². The van der Waals surface area contributed by atoms with E-state index in [0.717, 1.165) is 5.52 Å². The lowest BCUT2D eigenvalue weighted by molar-refractivity contribution is 1.44. The highest BCUT2D eigenvalue weighted by Crippen LogP contribution is 2.06. The maximum atomic E-state index is 4.28. The van der Waals surface area contributed by atoms with Crippen LogP contribution in [0.1, 0.15) is 0 Å². The molecule has 52 valence electrons. The van der Waals surface area contributed by atoms with Gasteiger partial charge >= 0.3 is 0 Å². The summed E-state index contributed by atoms with van der Waals surface area (Å²) < 4.78 is 0. The number of pyridine rings is 1. The first-order valence-electron chi connectivity index (χ1n) is 3.68. The third-order valence-corrected chi connectivity index (χ3v) is 1.73. The molecule has 0 aliphatic rings. The molecule has 1 heterocycles. The molecule has 2 heteroatoms. The molecule has 2 aromatic rings. The molecular formula is C9H8BN. The molecule has 0 spiro atoms. The predicted molar refractivity (Wildman–Crippen MR) is 49.9 cm³/mol. The van der Waals surface area contributed by atoms with Crippen LogP contribution in [0.3, 0.4) is 0 Å². The Morgan fingerprint density at radius 2 is 2.00 bits per heavy atom. The van der Waals surface area contributed by atoms with Crippen LogP contribution in [-0.2, 0) is 0 Å². The summed E-state index contributed by atoms with van der Waals surface area (Å²) in [4.78, 5) is 4.28. The van der Waals surface area contributed by atoms with E-state index in [1.54, 1.807) is 0 Å². The Balaban J connectivity index is 2.83. The number of hydrogen-bond acceptors (Lipinski definition) is 1. The summed E-state index contributed by atoms with van der Waals surface area (Å²) in [5, 5.41) is 1.22. The van der Waals surface area contributed by atoms with Gasteiger partial charge in [-0.05, 0) is 11.5 Å². The Hall–Kier alpha value is -1.31. The average Bonchev–Trinajstić information content (AvgIpc) is 2.04. The molecule has 0 N–H and O–H groups in total. The summed E-state index contributed by atoms with van der Waals surface area (Å²) in [6.45, 7) is 0. The highest BCUT2D eigenvalue weighted by Gasteiger charge is 1.90. The highest BCUT2D eigenvalue weighted by atomic mass is 14.6. The number of hydrogen-bond donors (Lipinski definition) is 0. The Morgan fingerprint density at radius 3 is 2.91 bits per heavy atom. The standard InChI is InChI=1S/C9H8BN/c10-8-5-7-3-1-2-4-9(7)11-6-8/h1-6H,10H2. The minimum absolute atomic E-state index is 1.07. The van der Waals surface area contributed by atoms with Crippen molar-refractivity contribution < 1.29 is 0 Å². The molecule has 0 fully saturated rings. The second-order valence-electron chi connectivity index (χ2n) is 2.71. The molecule has 0 amide bonds. The summed E-state index contributed by atoms with van der Waals surface area (Å²) in [5.74, 6) is 0. The van der Waals surface area contributed by atoms with Gasteiger partial charge in [-0.2, -0.15) is 0 Å². The fourth-order valence-corrected chi connectivity index (χ4v) is 1.18. The van der Waals surface area contributed by atoms with Gasteiger partial charge in [0, 0.05) is 6.20 Å². The number of rotatable bonds is 0. The molecule has 11 heavy (non-hydrogen) atoms. The second kappa shape index (κ2) is 2.38. The van der Waals surface area contributed by atoms with Crippen molar-refractivity contribution in [2.24, 2.45) is 0 Å². The van der Waals surface area contributed by atoms with Crippen molar-refractivity contribution in [3.05, 3.63) is 36.5 Å². The van der Waals surface area contributed by atoms with E-state index in [1.165, 1.54) is 10.8 Å². The molecule has 0 unspecified atom stereocenters. The van der Waals surface area contributed by atoms with Gasteiger partial charge in [0.15, 0.2) is 0 Å². The lowest BCUT2D eigenvalue weighted by atomic mass is 9.97. The summed E-state index contributed by atoms with van der Waals surface area (Å²) in [6, 6.07) is 10.3. The van der Waals surface area contributed by atoms with Crippen LogP contribution < -0.4 is 5.46 Å². The van der Waals surface area contributed by atoms with Crippen LogP contribution in [0.2, 0.25) is 0 Å². The zero-order chi connectivity index (χ0) is 7.68. The van der Waals surface area contributed by atoms with Gasteiger partial charge in [-0.3, -0.25) is 4.98 Å². The molecule has 0 aliphatic carbocycles. The van der Waals surface area contributed by atoms with E-state index in [1.807, 2.05) is 24.4 Å². The predicted octanol–water partition coefficient (Wildman–Crippen LogP) is 0.493. The molecule has 0 atom stereocenters. The van der Waals surface area contributed by atoms with Crippen molar-refractivity contribution in [2.75, 3.05) is 0 Å². The molecule has 0 aliphatic heterocycles. The van der Waals surface area contributed by atoms with Crippen molar-refractivity contribution >= 4 is 24.2 Å². The first-order chi connectivity index (χ1) is 5.36. The van der Waals surface area contributed by atoms with Gasteiger partial charge in [-0.25, -0.2) is 0 Å². The van der Waals surface area contributed by atoms with Crippen LogP contribution in [0, 0.1) is 0 Å². The summed E-state index contributed by atoms with van der Waals surface area (Å²) >= 11 is 0. The SMILES string of the molecule is Bc1cnc2ccccc2c1. The van der Waals surface area contributed by atoms with Crippen LogP contribution in [0.25, 0.3) is 10.9 Å². The second-order valence-corrected chi connectivity index (χ2v) is 2.71. The summed E-state index contributed by atoms with van der Waals surface area (Å²) in [7, 11) is 2.06. The fourth-order valence-electron chi connectivity index (χ4n) is 1.18. The molecule has 0 radical (unpaired) electrons. The van der Waals surface area contributed by atoms with Crippen molar-refractivity contribution in [1.82, 2.24) is 4.98 Å². The fraction of sp³-hybridized carbons (Fsp3) is 0. The van der Waals surface area contributed by atoms with Crippen LogP contribution in [0.15, 0.2) is 36.5 Å². The quantitative estimate of drug-likeness (QED) is 0.486. The van der Waals surface area contributed by atoms with E-state index in [9.17, 15) is 0 Å². The van der Waals surface area contributed by atoms with Crippen LogP contribution in [0.4, 0.5) is 0 Å². The van der Waals surface area contributed by atoms with Crippen LogP contribution in [-0.4, -0.2) is 12.8 Å². The van der Waals surface area contributed by atoms with Gasteiger partial charge in [0.2, 0.25) is 0 Å². The lowest BCUT2D eigenvalue weighted by Crippen LogP contribution is -2.01. The van der Waals surface area contributed by atoms with E-state index in [4.69, 9.17) is 0 Å². The van der Waals surface area contributed by atoms with Gasteiger partial charge in [-0.15, -0.1) is 0 Å². The van der Waals surface area contributed by atoms with Gasteiger partial charge in [-0.1, -0.05) is 29.7 Å². The number of nitrogens with zero attached hydrogens (tertiary/aromatic N) is 1.